The second-order valence-electron chi connectivity index (χ2n) is 4.36. The van der Waals surface area contributed by atoms with Crippen LogP contribution in [0.3, 0.4) is 0 Å². The lowest BCUT2D eigenvalue weighted by molar-refractivity contribution is 0.0994. The molecule has 0 spiro atoms. The lowest BCUT2D eigenvalue weighted by Gasteiger charge is -2.14. The minimum Gasteiger partial charge on any atom is -0.489 e. The molecule has 0 saturated heterocycles. The van der Waals surface area contributed by atoms with E-state index in [1.54, 1.807) is 19.1 Å². The predicted octanol–water partition coefficient (Wildman–Crippen LogP) is 3.02. The van der Waals surface area contributed by atoms with Crippen molar-refractivity contribution in [3.8, 4) is 5.75 Å². The highest BCUT2D eigenvalue weighted by Crippen LogP contribution is 2.25. The molecule has 5 nitrogen and oxygen atoms in total. The molecule has 1 aromatic heterocycles. The minimum absolute atomic E-state index is 0.0329. The van der Waals surface area contributed by atoms with E-state index in [-0.39, 0.29) is 17.8 Å². The molecule has 0 bridgehead atoms. The summed E-state index contributed by atoms with van der Waals surface area (Å²) in [5.74, 6) is 0.913. The van der Waals surface area contributed by atoms with Crippen molar-refractivity contribution < 1.29 is 13.9 Å². The van der Waals surface area contributed by atoms with Crippen LogP contribution in [0.25, 0.3) is 0 Å². The molecule has 19 heavy (non-hydrogen) atoms. The van der Waals surface area contributed by atoms with E-state index in [0.717, 1.165) is 0 Å². The van der Waals surface area contributed by atoms with Gasteiger partial charge in [0, 0.05) is 6.92 Å². The van der Waals surface area contributed by atoms with Gasteiger partial charge in [-0.15, -0.1) is 0 Å². The monoisotopic (exact) mass is 260 g/mol. The number of rotatable bonds is 4. The van der Waals surface area contributed by atoms with Crippen LogP contribution in [0.5, 0.6) is 5.75 Å². The van der Waals surface area contributed by atoms with E-state index in [4.69, 9.17) is 9.15 Å². The van der Waals surface area contributed by atoms with Gasteiger partial charge in [-0.2, -0.15) is 0 Å². The number of para-hydroxylation sites is 2. The first-order valence-electron chi connectivity index (χ1n) is 6.05. The molecular weight excluding hydrogens is 244 g/mol. The van der Waals surface area contributed by atoms with Crippen LogP contribution in [0.4, 0.5) is 5.69 Å². The van der Waals surface area contributed by atoms with Crippen LogP contribution < -0.4 is 10.1 Å². The predicted molar refractivity (Wildman–Crippen MR) is 71.4 cm³/mol. The average Bonchev–Trinajstić information content (AvgIpc) is 2.78. The molecule has 0 saturated carbocycles. The third-order valence-corrected chi connectivity index (χ3v) is 2.34. The maximum absolute atomic E-state index is 12.0. The Hall–Kier alpha value is -2.30. The molecule has 2 rings (SSSR count). The fourth-order valence-corrected chi connectivity index (χ4v) is 1.58. The third-order valence-electron chi connectivity index (χ3n) is 2.34. The zero-order valence-electron chi connectivity index (χ0n) is 11.1. The summed E-state index contributed by atoms with van der Waals surface area (Å²) in [5.41, 5.74) is 0.607. The van der Waals surface area contributed by atoms with Crippen molar-refractivity contribution in [3.05, 3.63) is 42.1 Å². The quantitative estimate of drug-likeness (QED) is 0.917. The molecule has 1 heterocycles. The van der Waals surface area contributed by atoms with E-state index in [0.29, 0.717) is 17.3 Å². The highest BCUT2D eigenvalue weighted by atomic mass is 16.5. The van der Waals surface area contributed by atoms with Gasteiger partial charge >= 0.3 is 0 Å². The van der Waals surface area contributed by atoms with E-state index >= 15 is 0 Å². The van der Waals surface area contributed by atoms with Crippen LogP contribution in [0, 0.1) is 6.92 Å². The number of aryl methyl sites for hydroxylation is 1. The largest absolute Gasteiger partial charge is 0.489 e. The number of nitrogens with zero attached hydrogens (tertiary/aromatic N) is 1. The molecule has 0 atom stereocenters. The van der Waals surface area contributed by atoms with Crippen LogP contribution in [0.1, 0.15) is 30.3 Å². The summed E-state index contributed by atoms with van der Waals surface area (Å²) in [6.45, 7) is 5.55. The highest BCUT2D eigenvalue weighted by molar-refractivity contribution is 6.02. The summed E-state index contributed by atoms with van der Waals surface area (Å²) >= 11 is 0. The van der Waals surface area contributed by atoms with Gasteiger partial charge in [0.15, 0.2) is 5.89 Å². The van der Waals surface area contributed by atoms with Gasteiger partial charge < -0.3 is 14.5 Å². The Labute approximate surface area is 111 Å². The summed E-state index contributed by atoms with van der Waals surface area (Å²) in [6.07, 6.45) is 1.43. The topological polar surface area (TPSA) is 64.4 Å². The molecule has 0 fully saturated rings. The standard InChI is InChI=1S/C14H16N2O3/c1-9(2)18-12-7-5-4-6-11(12)16-14(17)13-8-15-10(3)19-13/h4-9H,1-3H3,(H,16,17). The number of aromatic nitrogens is 1. The van der Waals surface area contributed by atoms with Crippen LogP contribution in [0.15, 0.2) is 34.9 Å². The van der Waals surface area contributed by atoms with E-state index in [1.807, 2.05) is 26.0 Å². The summed E-state index contributed by atoms with van der Waals surface area (Å²) < 4.78 is 10.8. The molecule has 1 N–H and O–H groups in total. The van der Waals surface area contributed by atoms with Crippen LogP contribution in [-0.2, 0) is 0 Å². The van der Waals surface area contributed by atoms with Gasteiger partial charge in [-0.25, -0.2) is 4.98 Å². The van der Waals surface area contributed by atoms with Gasteiger partial charge in [0.25, 0.3) is 5.91 Å². The summed E-state index contributed by atoms with van der Waals surface area (Å²) in [5, 5.41) is 2.75. The zero-order chi connectivity index (χ0) is 13.8. The Morgan fingerprint density at radius 1 is 1.37 bits per heavy atom. The Kier molecular flexibility index (Phi) is 3.85. The SMILES string of the molecule is Cc1ncc(C(=O)Nc2ccccc2OC(C)C)o1. The number of carbonyl (C=O) groups excluding carboxylic acids is 1. The summed E-state index contributed by atoms with van der Waals surface area (Å²) in [4.78, 5) is 15.9. The average molecular weight is 260 g/mol. The van der Waals surface area contributed by atoms with Gasteiger partial charge in [-0.05, 0) is 26.0 Å². The van der Waals surface area contributed by atoms with Gasteiger partial charge in [-0.3, -0.25) is 4.79 Å². The number of hydrogen-bond acceptors (Lipinski definition) is 4. The smallest absolute Gasteiger partial charge is 0.293 e. The number of benzene rings is 1. The summed E-state index contributed by atoms with van der Waals surface area (Å²) in [6, 6.07) is 7.26. The van der Waals surface area contributed by atoms with Crippen molar-refractivity contribution in [1.29, 1.82) is 0 Å². The number of ether oxygens (including phenoxy) is 1. The van der Waals surface area contributed by atoms with Gasteiger partial charge in [-0.1, -0.05) is 12.1 Å². The van der Waals surface area contributed by atoms with E-state index in [2.05, 4.69) is 10.3 Å². The van der Waals surface area contributed by atoms with Crippen molar-refractivity contribution in [2.75, 3.05) is 5.32 Å². The number of amides is 1. The molecule has 100 valence electrons. The van der Waals surface area contributed by atoms with Crippen LogP contribution in [-0.4, -0.2) is 17.0 Å². The fraction of sp³-hybridized carbons (Fsp3) is 0.286. The first kappa shape index (κ1) is 13.1. The lowest BCUT2D eigenvalue weighted by atomic mass is 10.2. The number of hydrogen-bond donors (Lipinski definition) is 1. The van der Waals surface area contributed by atoms with Crippen molar-refractivity contribution >= 4 is 11.6 Å². The number of nitrogens with one attached hydrogen (secondary N) is 1. The molecule has 1 aromatic carbocycles. The van der Waals surface area contributed by atoms with Gasteiger partial charge in [0.05, 0.1) is 18.0 Å². The molecule has 0 unspecified atom stereocenters. The molecule has 5 heteroatoms. The number of oxazole rings is 1. The second-order valence-corrected chi connectivity index (χ2v) is 4.36. The fourth-order valence-electron chi connectivity index (χ4n) is 1.58. The Morgan fingerprint density at radius 3 is 2.74 bits per heavy atom. The normalized spacial score (nSPS) is 10.5. The molecule has 2 aromatic rings. The van der Waals surface area contributed by atoms with E-state index in [9.17, 15) is 4.79 Å². The minimum atomic E-state index is -0.347. The number of carbonyl (C=O) groups is 1. The van der Waals surface area contributed by atoms with Crippen LogP contribution >= 0.6 is 0 Å². The summed E-state index contributed by atoms with van der Waals surface area (Å²) in [7, 11) is 0. The molecule has 0 aliphatic heterocycles. The first-order valence-corrected chi connectivity index (χ1v) is 6.05. The van der Waals surface area contributed by atoms with Crippen molar-refractivity contribution in [3.63, 3.8) is 0 Å². The Balaban J connectivity index is 2.16. The Morgan fingerprint density at radius 2 is 2.11 bits per heavy atom. The second kappa shape index (κ2) is 5.56. The van der Waals surface area contributed by atoms with Crippen molar-refractivity contribution in [1.82, 2.24) is 4.98 Å². The maximum Gasteiger partial charge on any atom is 0.293 e. The van der Waals surface area contributed by atoms with Gasteiger partial charge in [0.1, 0.15) is 5.75 Å². The maximum atomic E-state index is 12.0. The molecule has 0 aliphatic carbocycles. The molecule has 0 aliphatic rings. The highest BCUT2D eigenvalue weighted by Gasteiger charge is 2.14. The van der Waals surface area contributed by atoms with Crippen molar-refractivity contribution in [2.45, 2.75) is 26.9 Å². The van der Waals surface area contributed by atoms with Crippen LogP contribution in [0.2, 0.25) is 0 Å². The van der Waals surface area contributed by atoms with Crippen molar-refractivity contribution in [2.24, 2.45) is 0 Å². The Bertz CT molecular complexity index is 576. The van der Waals surface area contributed by atoms with E-state index < -0.39 is 0 Å². The molecule has 0 radical (unpaired) electrons. The van der Waals surface area contributed by atoms with E-state index in [1.165, 1.54) is 6.20 Å². The molecule has 1 amide bonds. The zero-order valence-corrected chi connectivity index (χ0v) is 11.1. The first-order chi connectivity index (χ1) is 9.06. The number of anilines is 1. The van der Waals surface area contributed by atoms with Gasteiger partial charge in [0.2, 0.25) is 5.76 Å². The lowest BCUT2D eigenvalue weighted by Crippen LogP contribution is -2.13. The third kappa shape index (κ3) is 3.34. The molecular formula is C14H16N2O3.